The Balaban J connectivity index is 1.75. The predicted octanol–water partition coefficient (Wildman–Crippen LogP) is 4.15. The maximum Gasteiger partial charge on any atom is 0.260 e. The van der Waals surface area contributed by atoms with Crippen molar-refractivity contribution in [3.63, 3.8) is 0 Å². The molecule has 0 radical (unpaired) electrons. The molecule has 1 fully saturated rings. The number of nitrogens with zero attached hydrogens (tertiary/aromatic N) is 1. The Morgan fingerprint density at radius 2 is 2.08 bits per heavy atom. The summed E-state index contributed by atoms with van der Waals surface area (Å²) in [6.45, 7) is 13.3. The van der Waals surface area contributed by atoms with E-state index in [1.807, 2.05) is 26.8 Å². The minimum Gasteiger partial charge on any atom is -0.481 e. The van der Waals surface area contributed by atoms with E-state index in [-0.39, 0.29) is 5.91 Å². The predicted molar refractivity (Wildman–Crippen MR) is 108 cm³/mol. The van der Waals surface area contributed by atoms with Crippen molar-refractivity contribution in [1.29, 1.82) is 0 Å². The second-order valence-corrected chi connectivity index (χ2v) is 7.70. The second-order valence-electron chi connectivity index (χ2n) is 7.70. The highest BCUT2D eigenvalue weighted by molar-refractivity contribution is 5.80. The lowest BCUT2D eigenvalue weighted by Gasteiger charge is -2.35. The summed E-state index contributed by atoms with van der Waals surface area (Å²) in [6, 6.07) is 4.87. The van der Waals surface area contributed by atoms with Crippen molar-refractivity contribution in [1.82, 2.24) is 10.2 Å². The van der Waals surface area contributed by atoms with E-state index in [9.17, 15) is 4.79 Å². The first kappa shape index (κ1) is 20.8. The molecule has 0 spiro atoms. The lowest BCUT2D eigenvalue weighted by atomic mass is 10.00. The van der Waals surface area contributed by atoms with Gasteiger partial charge in [0, 0.05) is 19.1 Å². The highest BCUT2D eigenvalue weighted by atomic mass is 16.5. The Hall–Kier alpha value is -1.55. The third-order valence-corrected chi connectivity index (χ3v) is 5.58. The molecule has 1 N–H and O–H groups in total. The van der Waals surface area contributed by atoms with Crippen LogP contribution in [0.2, 0.25) is 0 Å². The Labute approximate surface area is 159 Å². The number of hydrogen-bond acceptors (Lipinski definition) is 3. The van der Waals surface area contributed by atoms with E-state index in [2.05, 4.69) is 30.1 Å². The fourth-order valence-electron chi connectivity index (χ4n) is 3.82. The van der Waals surface area contributed by atoms with Gasteiger partial charge >= 0.3 is 0 Å². The van der Waals surface area contributed by atoms with Crippen molar-refractivity contribution < 1.29 is 9.53 Å². The van der Waals surface area contributed by atoms with Crippen LogP contribution in [0.4, 0.5) is 0 Å². The summed E-state index contributed by atoms with van der Waals surface area (Å²) in [6.07, 6.45) is 5.74. The molecule has 1 amide bonds. The molecule has 1 aromatic carbocycles. The smallest absolute Gasteiger partial charge is 0.260 e. The summed E-state index contributed by atoms with van der Waals surface area (Å²) in [7, 11) is 0. The molecular formula is C22H36N2O2. The van der Waals surface area contributed by atoms with Gasteiger partial charge in [0.15, 0.2) is 6.10 Å². The first-order valence-corrected chi connectivity index (χ1v) is 10.2. The highest BCUT2D eigenvalue weighted by Gasteiger charge is 2.20. The van der Waals surface area contributed by atoms with Gasteiger partial charge in [0.05, 0.1) is 0 Å². The van der Waals surface area contributed by atoms with Crippen LogP contribution in [0.3, 0.4) is 0 Å². The van der Waals surface area contributed by atoms with E-state index in [0.717, 1.165) is 35.9 Å². The Bertz CT molecular complexity index is 600. The van der Waals surface area contributed by atoms with Crippen LogP contribution in [0.5, 0.6) is 5.75 Å². The van der Waals surface area contributed by atoms with Crippen LogP contribution in [-0.4, -0.2) is 42.6 Å². The van der Waals surface area contributed by atoms with E-state index in [4.69, 9.17) is 4.74 Å². The van der Waals surface area contributed by atoms with Crippen LogP contribution in [0.15, 0.2) is 12.1 Å². The van der Waals surface area contributed by atoms with Crippen LogP contribution in [-0.2, 0) is 4.79 Å². The molecule has 0 aromatic heterocycles. The minimum atomic E-state index is -0.478. The number of likely N-dealkylation sites (tertiary alicyclic amines) is 1. The maximum absolute atomic E-state index is 12.4. The SMILES string of the molecule is CC[C@H]1CCCCN1CCCNC(=O)[C@H](C)Oc1cc(C)cc(C)c1C. The summed E-state index contributed by atoms with van der Waals surface area (Å²) in [4.78, 5) is 14.9. The van der Waals surface area contributed by atoms with Crippen molar-refractivity contribution in [2.75, 3.05) is 19.6 Å². The first-order chi connectivity index (χ1) is 12.4. The molecule has 26 heavy (non-hydrogen) atoms. The van der Waals surface area contributed by atoms with E-state index in [1.54, 1.807) is 0 Å². The third kappa shape index (κ3) is 5.73. The molecule has 2 atom stereocenters. The van der Waals surface area contributed by atoms with Crippen molar-refractivity contribution in [2.45, 2.75) is 78.9 Å². The van der Waals surface area contributed by atoms with Crippen LogP contribution in [0.1, 0.15) is 62.6 Å². The number of carbonyl (C=O) groups excluding carboxylic acids is 1. The van der Waals surface area contributed by atoms with E-state index >= 15 is 0 Å². The van der Waals surface area contributed by atoms with Crippen LogP contribution in [0.25, 0.3) is 0 Å². The topological polar surface area (TPSA) is 41.6 Å². The number of aryl methyl sites for hydroxylation is 2. The number of nitrogens with one attached hydrogen (secondary N) is 1. The van der Waals surface area contributed by atoms with Crippen molar-refractivity contribution in [2.24, 2.45) is 0 Å². The first-order valence-electron chi connectivity index (χ1n) is 10.2. The molecule has 146 valence electrons. The summed E-state index contributed by atoms with van der Waals surface area (Å²) in [5, 5.41) is 3.03. The van der Waals surface area contributed by atoms with Gasteiger partial charge in [0.1, 0.15) is 5.75 Å². The normalized spacial score (nSPS) is 19.2. The molecule has 1 heterocycles. The van der Waals surface area contributed by atoms with Crippen molar-refractivity contribution >= 4 is 5.91 Å². The summed E-state index contributed by atoms with van der Waals surface area (Å²) in [5.74, 6) is 0.776. The van der Waals surface area contributed by atoms with E-state index in [0.29, 0.717) is 6.54 Å². The zero-order valence-corrected chi connectivity index (χ0v) is 17.2. The lowest BCUT2D eigenvalue weighted by Crippen LogP contribution is -2.41. The average molecular weight is 361 g/mol. The van der Waals surface area contributed by atoms with Crippen LogP contribution >= 0.6 is 0 Å². The van der Waals surface area contributed by atoms with Crippen LogP contribution < -0.4 is 10.1 Å². The van der Waals surface area contributed by atoms with Gasteiger partial charge in [-0.15, -0.1) is 0 Å². The summed E-state index contributed by atoms with van der Waals surface area (Å²) < 4.78 is 5.93. The standard InChI is InChI=1S/C22H36N2O2/c1-6-20-10-7-8-12-24(20)13-9-11-23-22(25)19(5)26-21-15-16(2)14-17(3)18(21)4/h14-15,19-20H,6-13H2,1-5H3,(H,23,25)/t19-,20-/m0/s1. The van der Waals surface area contributed by atoms with Gasteiger partial charge in [-0.05, 0) is 82.7 Å². The number of piperidine rings is 1. The van der Waals surface area contributed by atoms with Crippen molar-refractivity contribution in [3.8, 4) is 5.75 Å². The molecule has 1 saturated heterocycles. The average Bonchev–Trinajstić information content (AvgIpc) is 2.62. The maximum atomic E-state index is 12.4. The molecule has 2 rings (SSSR count). The molecule has 0 bridgehead atoms. The number of ether oxygens (including phenoxy) is 1. The number of rotatable bonds is 8. The summed E-state index contributed by atoms with van der Waals surface area (Å²) >= 11 is 0. The van der Waals surface area contributed by atoms with E-state index in [1.165, 1.54) is 37.8 Å². The van der Waals surface area contributed by atoms with Gasteiger partial charge in [-0.3, -0.25) is 4.79 Å². The molecule has 0 aliphatic carbocycles. The summed E-state index contributed by atoms with van der Waals surface area (Å²) in [5.41, 5.74) is 3.45. The monoisotopic (exact) mass is 360 g/mol. The zero-order valence-electron chi connectivity index (χ0n) is 17.2. The van der Waals surface area contributed by atoms with Crippen LogP contribution in [0, 0.1) is 20.8 Å². The molecule has 1 aromatic rings. The quantitative estimate of drug-likeness (QED) is 0.708. The van der Waals surface area contributed by atoms with E-state index < -0.39 is 6.10 Å². The van der Waals surface area contributed by atoms with Crippen molar-refractivity contribution in [3.05, 3.63) is 28.8 Å². The molecule has 0 unspecified atom stereocenters. The molecule has 4 heteroatoms. The van der Waals surface area contributed by atoms with Gasteiger partial charge in [0.25, 0.3) is 5.91 Å². The lowest BCUT2D eigenvalue weighted by molar-refractivity contribution is -0.127. The Morgan fingerprint density at radius 3 is 2.81 bits per heavy atom. The fraction of sp³-hybridized carbons (Fsp3) is 0.682. The Kier molecular flexibility index (Phi) is 7.95. The van der Waals surface area contributed by atoms with Gasteiger partial charge < -0.3 is 15.0 Å². The van der Waals surface area contributed by atoms with Gasteiger partial charge in [-0.25, -0.2) is 0 Å². The third-order valence-electron chi connectivity index (χ3n) is 5.58. The number of benzene rings is 1. The molecule has 0 saturated carbocycles. The molecule has 1 aliphatic heterocycles. The van der Waals surface area contributed by atoms with Gasteiger partial charge in [-0.1, -0.05) is 19.4 Å². The second kappa shape index (κ2) is 9.96. The fourth-order valence-corrected chi connectivity index (χ4v) is 3.82. The molecule has 1 aliphatic rings. The molecule has 4 nitrogen and oxygen atoms in total. The largest absolute Gasteiger partial charge is 0.481 e. The minimum absolute atomic E-state index is 0.0331. The highest BCUT2D eigenvalue weighted by Crippen LogP contribution is 2.24. The zero-order chi connectivity index (χ0) is 19.1. The van der Waals surface area contributed by atoms with Gasteiger partial charge in [-0.2, -0.15) is 0 Å². The number of hydrogen-bond donors (Lipinski definition) is 1. The number of amides is 1. The Morgan fingerprint density at radius 1 is 1.31 bits per heavy atom. The number of carbonyl (C=O) groups is 1. The van der Waals surface area contributed by atoms with Gasteiger partial charge in [0.2, 0.25) is 0 Å². The molecular weight excluding hydrogens is 324 g/mol.